The van der Waals surface area contributed by atoms with Gasteiger partial charge in [-0.25, -0.2) is 4.79 Å². The number of hydrogen-bond donors (Lipinski definition) is 1. The first-order valence-electron chi connectivity index (χ1n) is 10.9. The zero-order chi connectivity index (χ0) is 25.9. The van der Waals surface area contributed by atoms with Gasteiger partial charge in [0.15, 0.2) is 0 Å². The number of fused-ring (bicyclic) bond motifs is 1. The maximum atomic E-state index is 13.2. The number of carbonyl (C=O) groups excluding carboxylic acids is 3. The molecule has 0 aliphatic heterocycles. The lowest BCUT2D eigenvalue weighted by Crippen LogP contribution is -2.23. The van der Waals surface area contributed by atoms with Gasteiger partial charge >= 0.3 is 12.1 Å². The Morgan fingerprint density at radius 1 is 1.00 bits per heavy atom. The minimum atomic E-state index is -4.53. The molecule has 0 unspecified atom stereocenters. The van der Waals surface area contributed by atoms with E-state index >= 15 is 0 Å². The largest absolute Gasteiger partial charge is 0.462 e. The first-order chi connectivity index (χ1) is 17.2. The van der Waals surface area contributed by atoms with Crippen molar-refractivity contribution in [1.82, 2.24) is 14.7 Å². The van der Waals surface area contributed by atoms with Gasteiger partial charge in [0.1, 0.15) is 0 Å². The molecule has 0 saturated carbocycles. The molecule has 0 radical (unpaired) electrons. The van der Waals surface area contributed by atoms with Gasteiger partial charge in [-0.3, -0.25) is 14.6 Å². The molecule has 0 aliphatic rings. The van der Waals surface area contributed by atoms with E-state index in [1.54, 1.807) is 31.3 Å². The maximum Gasteiger partial charge on any atom is 0.416 e. The average molecular weight is 495 g/mol. The molecule has 0 atom stereocenters. The van der Waals surface area contributed by atoms with Crippen molar-refractivity contribution in [2.45, 2.75) is 19.6 Å². The molecule has 0 bridgehead atoms. The second-order valence-corrected chi connectivity index (χ2v) is 7.74. The number of hydrogen-bond acceptors (Lipinski definition) is 5. The fourth-order valence-corrected chi connectivity index (χ4v) is 3.62. The second kappa shape index (κ2) is 10.0. The minimum absolute atomic E-state index is 0.00925. The van der Waals surface area contributed by atoms with Crippen LogP contribution in [-0.2, 0) is 17.5 Å². The van der Waals surface area contributed by atoms with Crippen molar-refractivity contribution in [2.75, 3.05) is 6.61 Å². The Morgan fingerprint density at radius 3 is 2.39 bits per heavy atom. The van der Waals surface area contributed by atoms with E-state index in [0.717, 1.165) is 24.3 Å². The van der Waals surface area contributed by atoms with Gasteiger partial charge in [-0.05, 0) is 49.4 Å². The minimum Gasteiger partial charge on any atom is -0.462 e. The van der Waals surface area contributed by atoms with E-state index in [0.29, 0.717) is 5.69 Å². The lowest BCUT2D eigenvalue weighted by atomic mass is 10.1. The Morgan fingerprint density at radius 2 is 1.75 bits per heavy atom. The molecular weight excluding hydrogens is 475 g/mol. The number of amides is 1. The van der Waals surface area contributed by atoms with E-state index in [2.05, 4.69) is 10.3 Å². The smallest absolute Gasteiger partial charge is 0.416 e. The Hall–Kier alpha value is -4.47. The number of benzene rings is 1. The Balaban J connectivity index is 1.69. The number of halogens is 3. The van der Waals surface area contributed by atoms with Gasteiger partial charge in [0.2, 0.25) is 5.78 Å². The van der Waals surface area contributed by atoms with Crippen LogP contribution < -0.4 is 5.32 Å². The zero-order valence-corrected chi connectivity index (χ0v) is 19.0. The quantitative estimate of drug-likeness (QED) is 0.297. The summed E-state index contributed by atoms with van der Waals surface area (Å²) in [5.41, 5.74) is 0.346. The van der Waals surface area contributed by atoms with Crippen LogP contribution in [-0.4, -0.2) is 33.7 Å². The molecule has 3 aromatic heterocycles. The van der Waals surface area contributed by atoms with Crippen LogP contribution in [0.25, 0.3) is 5.52 Å². The summed E-state index contributed by atoms with van der Waals surface area (Å²) in [5.74, 6) is -1.72. The van der Waals surface area contributed by atoms with Crippen molar-refractivity contribution in [2.24, 2.45) is 0 Å². The molecule has 184 valence electrons. The number of carbonyl (C=O) groups is 3. The summed E-state index contributed by atoms with van der Waals surface area (Å²) in [4.78, 5) is 42.6. The first kappa shape index (κ1) is 24.6. The van der Waals surface area contributed by atoms with E-state index in [1.807, 2.05) is 0 Å². The maximum absolute atomic E-state index is 13.2. The number of esters is 1. The van der Waals surface area contributed by atoms with Crippen LogP contribution in [0.2, 0.25) is 0 Å². The van der Waals surface area contributed by atoms with Gasteiger partial charge in [0, 0.05) is 23.5 Å². The molecule has 1 aromatic carbocycles. The van der Waals surface area contributed by atoms with Crippen LogP contribution in [0.15, 0.2) is 73.1 Å². The van der Waals surface area contributed by atoms with Crippen molar-refractivity contribution in [1.29, 1.82) is 0 Å². The topological polar surface area (TPSA) is 89.8 Å². The van der Waals surface area contributed by atoms with Gasteiger partial charge in [-0.2, -0.15) is 13.2 Å². The van der Waals surface area contributed by atoms with E-state index in [4.69, 9.17) is 4.74 Å². The van der Waals surface area contributed by atoms with E-state index in [-0.39, 0.29) is 41.1 Å². The summed E-state index contributed by atoms with van der Waals surface area (Å²) >= 11 is 0. The highest BCUT2D eigenvalue weighted by Crippen LogP contribution is 2.30. The van der Waals surface area contributed by atoms with Crippen molar-refractivity contribution in [3.63, 3.8) is 0 Å². The number of nitrogens with zero attached hydrogens (tertiary/aromatic N) is 2. The van der Waals surface area contributed by atoms with Crippen LogP contribution in [0.4, 0.5) is 13.2 Å². The van der Waals surface area contributed by atoms with Gasteiger partial charge in [0.05, 0.1) is 41.2 Å². The van der Waals surface area contributed by atoms with E-state index < -0.39 is 29.4 Å². The molecule has 0 aliphatic carbocycles. The Bertz CT molecular complexity index is 1430. The number of rotatable bonds is 7. The second-order valence-electron chi connectivity index (χ2n) is 7.74. The fourth-order valence-electron chi connectivity index (χ4n) is 3.62. The third-order valence-corrected chi connectivity index (χ3v) is 5.39. The number of aromatic nitrogens is 2. The lowest BCUT2D eigenvalue weighted by molar-refractivity contribution is -0.137. The molecule has 10 heteroatoms. The van der Waals surface area contributed by atoms with Gasteiger partial charge < -0.3 is 14.5 Å². The highest BCUT2D eigenvalue weighted by atomic mass is 19.4. The predicted octanol–water partition coefficient (Wildman–Crippen LogP) is 4.69. The van der Waals surface area contributed by atoms with Crippen molar-refractivity contribution in [3.05, 3.63) is 107 Å². The van der Waals surface area contributed by atoms with Gasteiger partial charge in [-0.1, -0.05) is 18.2 Å². The van der Waals surface area contributed by atoms with E-state index in [1.165, 1.54) is 28.8 Å². The number of pyridine rings is 2. The van der Waals surface area contributed by atoms with Crippen LogP contribution in [0.5, 0.6) is 0 Å². The summed E-state index contributed by atoms with van der Waals surface area (Å²) in [6, 6.07) is 13.3. The van der Waals surface area contributed by atoms with Crippen molar-refractivity contribution >= 4 is 23.2 Å². The van der Waals surface area contributed by atoms with Gasteiger partial charge in [-0.15, -0.1) is 0 Å². The summed E-state index contributed by atoms with van der Waals surface area (Å²) in [6.07, 6.45) is -1.48. The molecule has 7 nitrogen and oxygen atoms in total. The molecule has 1 amide bonds. The average Bonchev–Trinajstić information content (AvgIpc) is 3.26. The van der Waals surface area contributed by atoms with E-state index in [9.17, 15) is 27.6 Å². The lowest BCUT2D eigenvalue weighted by Gasteiger charge is -2.08. The van der Waals surface area contributed by atoms with Crippen molar-refractivity contribution < 1.29 is 32.3 Å². The molecule has 0 fully saturated rings. The first-order valence-corrected chi connectivity index (χ1v) is 10.9. The van der Waals surface area contributed by atoms with Crippen LogP contribution in [0.1, 0.15) is 54.9 Å². The molecule has 36 heavy (non-hydrogen) atoms. The third kappa shape index (κ3) is 5.12. The number of nitrogens with one attached hydrogen (secondary N) is 1. The third-order valence-electron chi connectivity index (χ3n) is 5.39. The molecule has 4 rings (SSSR count). The van der Waals surface area contributed by atoms with Crippen LogP contribution >= 0.6 is 0 Å². The Kier molecular flexibility index (Phi) is 6.86. The monoisotopic (exact) mass is 495 g/mol. The SMILES string of the molecule is CCOC(=O)c1cc(C(=O)c2ccc(C(F)(F)F)cc2)n2ccc(C(=O)NCc3ccccn3)cc12. The van der Waals surface area contributed by atoms with Crippen LogP contribution in [0.3, 0.4) is 0 Å². The number of ketones is 1. The predicted molar refractivity (Wildman–Crippen MR) is 124 cm³/mol. The molecule has 0 saturated heterocycles. The molecule has 4 aromatic rings. The zero-order valence-electron chi connectivity index (χ0n) is 19.0. The summed E-state index contributed by atoms with van der Waals surface area (Å²) < 4.78 is 45.2. The molecule has 1 N–H and O–H groups in total. The highest BCUT2D eigenvalue weighted by Gasteiger charge is 2.30. The van der Waals surface area contributed by atoms with Gasteiger partial charge in [0.25, 0.3) is 5.91 Å². The fraction of sp³-hybridized carbons (Fsp3) is 0.154. The number of ether oxygens (including phenoxy) is 1. The summed E-state index contributed by atoms with van der Waals surface area (Å²) in [5, 5.41) is 2.74. The molecule has 0 spiro atoms. The Labute approximate surface area is 203 Å². The van der Waals surface area contributed by atoms with Crippen LogP contribution in [0, 0.1) is 0 Å². The van der Waals surface area contributed by atoms with Crippen molar-refractivity contribution in [3.8, 4) is 0 Å². The summed E-state index contributed by atoms with van der Waals surface area (Å²) in [7, 11) is 0. The molecular formula is C26H20F3N3O4. The normalized spacial score (nSPS) is 11.3. The molecule has 3 heterocycles. The number of alkyl halides is 3. The summed E-state index contributed by atoms with van der Waals surface area (Å²) in [6.45, 7) is 1.90. The standard InChI is InChI=1S/C26H20F3N3O4/c1-2-36-25(35)20-14-22(23(33)16-6-8-18(9-7-16)26(27,28)29)32-12-10-17(13-21(20)32)24(34)31-15-19-5-3-4-11-30-19/h3-14H,2,15H2,1H3,(H,31,34). The highest BCUT2D eigenvalue weighted by molar-refractivity contribution is 6.11.